The zero-order valence-electron chi connectivity index (χ0n) is 17.7. The molecule has 1 heterocycles. The lowest BCUT2D eigenvalue weighted by atomic mass is 9.93. The third-order valence-electron chi connectivity index (χ3n) is 6.34. The number of carbonyl (C=O) groups is 2. The van der Waals surface area contributed by atoms with Crippen molar-refractivity contribution < 1.29 is 9.59 Å². The molecule has 0 aliphatic heterocycles. The maximum atomic E-state index is 13.5. The molecular weight excluding hydrogens is 374 g/mol. The normalized spacial score (nSPS) is 15.2. The largest absolute Gasteiger partial charge is 0.326 e. The van der Waals surface area contributed by atoms with Gasteiger partial charge in [0.25, 0.3) is 5.91 Å². The van der Waals surface area contributed by atoms with E-state index in [0.717, 1.165) is 40.6 Å². The van der Waals surface area contributed by atoms with Crippen LogP contribution in [0, 0.1) is 13.8 Å². The summed E-state index contributed by atoms with van der Waals surface area (Å²) in [5.41, 5.74) is 3.14. The van der Waals surface area contributed by atoms with E-state index in [2.05, 4.69) is 10.3 Å². The minimum Gasteiger partial charge on any atom is -0.326 e. The summed E-state index contributed by atoms with van der Waals surface area (Å²) in [6.07, 6.45) is 3.14. The fourth-order valence-corrected chi connectivity index (χ4v) is 4.47. The first-order valence-corrected chi connectivity index (χ1v) is 10.4. The highest BCUT2D eigenvalue weighted by atomic mass is 16.2. The number of hydrogen-bond donors (Lipinski definition) is 1. The van der Waals surface area contributed by atoms with Gasteiger partial charge in [-0.1, -0.05) is 55.3 Å². The molecule has 2 aromatic carbocycles. The van der Waals surface area contributed by atoms with Crippen LogP contribution in [-0.4, -0.2) is 34.3 Å². The Kier molecular flexibility index (Phi) is 5.29. The highest BCUT2D eigenvalue weighted by Gasteiger charge is 2.47. The molecule has 154 valence electrons. The second-order valence-electron chi connectivity index (χ2n) is 8.21. The van der Waals surface area contributed by atoms with Crippen LogP contribution in [0.25, 0.3) is 10.9 Å². The van der Waals surface area contributed by atoms with Crippen molar-refractivity contribution in [3.8, 4) is 0 Å². The van der Waals surface area contributed by atoms with E-state index in [1.807, 2.05) is 62.4 Å². The van der Waals surface area contributed by atoms with Crippen molar-refractivity contribution in [3.63, 3.8) is 0 Å². The summed E-state index contributed by atoms with van der Waals surface area (Å²) in [6, 6.07) is 17.3. The van der Waals surface area contributed by atoms with Gasteiger partial charge in [-0.25, -0.2) is 4.98 Å². The molecule has 0 saturated heterocycles. The van der Waals surface area contributed by atoms with Gasteiger partial charge in [-0.2, -0.15) is 0 Å². The summed E-state index contributed by atoms with van der Waals surface area (Å²) < 4.78 is 0. The van der Waals surface area contributed by atoms with E-state index in [9.17, 15) is 9.59 Å². The first-order valence-electron chi connectivity index (χ1n) is 10.4. The number of hydrogen-bond acceptors (Lipinski definition) is 3. The smallest absolute Gasteiger partial charge is 0.273 e. The van der Waals surface area contributed by atoms with Crippen LogP contribution in [0.1, 0.15) is 47.3 Å². The number of likely N-dealkylation sites (N-methyl/N-ethyl adjacent to an activating group) is 1. The molecule has 1 aliphatic rings. The Morgan fingerprint density at radius 3 is 2.30 bits per heavy atom. The Morgan fingerprint density at radius 1 is 0.933 bits per heavy atom. The Morgan fingerprint density at radius 2 is 1.60 bits per heavy atom. The molecule has 5 nitrogen and oxygen atoms in total. The van der Waals surface area contributed by atoms with Gasteiger partial charge in [-0.15, -0.1) is 0 Å². The van der Waals surface area contributed by atoms with Crippen LogP contribution in [0.2, 0.25) is 0 Å². The summed E-state index contributed by atoms with van der Waals surface area (Å²) >= 11 is 0. The van der Waals surface area contributed by atoms with Gasteiger partial charge < -0.3 is 10.2 Å². The maximum absolute atomic E-state index is 13.5. The van der Waals surface area contributed by atoms with Crippen molar-refractivity contribution in [2.75, 3.05) is 12.4 Å². The number of anilines is 1. The van der Waals surface area contributed by atoms with Gasteiger partial charge in [0.05, 0.1) is 5.52 Å². The van der Waals surface area contributed by atoms with Gasteiger partial charge in [-0.3, -0.25) is 9.59 Å². The molecule has 1 saturated carbocycles. The van der Waals surface area contributed by atoms with Crippen LogP contribution in [0.4, 0.5) is 5.69 Å². The average Bonchev–Trinajstić information content (AvgIpc) is 3.26. The number of para-hydroxylation sites is 2. The first-order chi connectivity index (χ1) is 14.4. The number of aromatic nitrogens is 1. The van der Waals surface area contributed by atoms with Gasteiger partial charge in [0.2, 0.25) is 5.91 Å². The summed E-state index contributed by atoms with van der Waals surface area (Å²) in [5, 5.41) is 4.11. The highest BCUT2D eigenvalue weighted by Crippen LogP contribution is 2.37. The molecule has 0 spiro atoms. The van der Waals surface area contributed by atoms with E-state index < -0.39 is 5.54 Å². The van der Waals surface area contributed by atoms with E-state index in [1.165, 1.54) is 0 Å². The fourth-order valence-electron chi connectivity index (χ4n) is 4.47. The Labute approximate surface area is 177 Å². The highest BCUT2D eigenvalue weighted by molar-refractivity contribution is 6.04. The van der Waals surface area contributed by atoms with Crippen molar-refractivity contribution in [3.05, 3.63) is 71.4 Å². The lowest BCUT2D eigenvalue weighted by Crippen LogP contribution is -2.56. The minimum absolute atomic E-state index is 0.117. The van der Waals surface area contributed by atoms with Gasteiger partial charge in [-0.05, 0) is 49.9 Å². The summed E-state index contributed by atoms with van der Waals surface area (Å²) in [7, 11) is 1.73. The molecule has 1 aromatic heterocycles. The second kappa shape index (κ2) is 7.90. The monoisotopic (exact) mass is 401 g/mol. The summed E-state index contributed by atoms with van der Waals surface area (Å²) in [6.45, 7) is 3.97. The predicted octanol–water partition coefficient (Wildman–Crippen LogP) is 4.88. The molecule has 0 bridgehead atoms. The van der Waals surface area contributed by atoms with E-state index in [-0.39, 0.29) is 11.8 Å². The van der Waals surface area contributed by atoms with E-state index in [0.29, 0.717) is 18.5 Å². The van der Waals surface area contributed by atoms with E-state index >= 15 is 0 Å². The van der Waals surface area contributed by atoms with Crippen molar-refractivity contribution in [1.82, 2.24) is 9.88 Å². The number of rotatable bonds is 4. The van der Waals surface area contributed by atoms with Gasteiger partial charge in [0.15, 0.2) is 0 Å². The van der Waals surface area contributed by atoms with Crippen LogP contribution < -0.4 is 5.32 Å². The van der Waals surface area contributed by atoms with Crippen LogP contribution in [-0.2, 0) is 4.79 Å². The molecule has 1 fully saturated rings. The Balaban J connectivity index is 1.65. The number of carbonyl (C=O) groups excluding carboxylic acids is 2. The van der Waals surface area contributed by atoms with Crippen molar-refractivity contribution in [2.45, 2.75) is 45.1 Å². The van der Waals surface area contributed by atoms with Crippen molar-refractivity contribution >= 4 is 28.4 Å². The molecular formula is C25H27N3O2. The Bertz CT molecular complexity index is 1100. The number of aryl methyl sites for hydroxylation is 2. The predicted molar refractivity (Wildman–Crippen MR) is 120 cm³/mol. The quantitative estimate of drug-likeness (QED) is 0.678. The molecule has 5 heteroatoms. The fraction of sp³-hybridized carbons (Fsp3) is 0.320. The van der Waals surface area contributed by atoms with Gasteiger partial charge >= 0.3 is 0 Å². The molecule has 2 amide bonds. The van der Waals surface area contributed by atoms with Crippen LogP contribution in [0.5, 0.6) is 0 Å². The summed E-state index contributed by atoms with van der Waals surface area (Å²) in [4.78, 5) is 33.0. The topological polar surface area (TPSA) is 62.3 Å². The van der Waals surface area contributed by atoms with Crippen LogP contribution in [0.15, 0.2) is 54.6 Å². The number of fused-ring (bicyclic) bond motifs is 1. The molecule has 3 aromatic rings. The van der Waals surface area contributed by atoms with Crippen LogP contribution >= 0.6 is 0 Å². The molecule has 30 heavy (non-hydrogen) atoms. The molecule has 1 N–H and O–H groups in total. The van der Waals surface area contributed by atoms with Crippen molar-refractivity contribution in [1.29, 1.82) is 0 Å². The molecule has 1 aliphatic carbocycles. The minimum atomic E-state index is -0.862. The molecule has 0 atom stereocenters. The number of nitrogens with zero attached hydrogens (tertiary/aromatic N) is 2. The number of nitrogens with one attached hydrogen (secondary N) is 1. The van der Waals surface area contributed by atoms with Crippen LogP contribution in [0.3, 0.4) is 0 Å². The summed E-state index contributed by atoms with van der Waals surface area (Å²) in [5.74, 6) is -0.339. The van der Waals surface area contributed by atoms with E-state index in [4.69, 9.17) is 0 Å². The number of benzene rings is 2. The van der Waals surface area contributed by atoms with E-state index in [1.54, 1.807) is 18.0 Å². The van der Waals surface area contributed by atoms with Crippen molar-refractivity contribution in [2.24, 2.45) is 0 Å². The molecule has 0 radical (unpaired) electrons. The second-order valence-corrected chi connectivity index (χ2v) is 8.21. The standard InChI is InChI=1S/C25H27N3O2/c1-17-9-8-10-18(2)22(17)27-24(30)25(15-6-7-16-25)28(3)23(29)21-14-13-19-11-4-5-12-20(19)26-21/h4-5,8-14H,6-7,15-16H2,1-3H3,(H,27,30). The van der Waals surface area contributed by atoms with Gasteiger partial charge in [0, 0.05) is 18.1 Å². The zero-order chi connectivity index (χ0) is 21.3. The lowest BCUT2D eigenvalue weighted by molar-refractivity contribution is -0.125. The zero-order valence-corrected chi connectivity index (χ0v) is 17.7. The third kappa shape index (κ3) is 3.45. The SMILES string of the molecule is Cc1cccc(C)c1NC(=O)C1(N(C)C(=O)c2ccc3ccccc3n2)CCCC1. The lowest BCUT2D eigenvalue weighted by Gasteiger charge is -2.37. The van der Waals surface area contributed by atoms with Gasteiger partial charge in [0.1, 0.15) is 11.2 Å². The molecule has 0 unspecified atom stereocenters. The average molecular weight is 402 g/mol. The third-order valence-corrected chi connectivity index (χ3v) is 6.34. The number of pyridine rings is 1. The maximum Gasteiger partial charge on any atom is 0.273 e. The Hall–Kier alpha value is -3.21. The first kappa shape index (κ1) is 20.1. The molecule has 4 rings (SSSR count). The number of amides is 2.